The summed E-state index contributed by atoms with van der Waals surface area (Å²) in [6, 6.07) is 27.9. The molecule has 0 aliphatic heterocycles. The van der Waals surface area contributed by atoms with Gasteiger partial charge in [0, 0.05) is 0 Å². The summed E-state index contributed by atoms with van der Waals surface area (Å²) in [6.45, 7) is 3.67. The number of aryl methyl sites for hydroxylation is 1. The molecule has 0 spiro atoms. The van der Waals surface area contributed by atoms with Crippen molar-refractivity contribution >= 4 is 5.97 Å². The zero-order valence-electron chi connectivity index (χ0n) is 15.6. The van der Waals surface area contributed by atoms with Gasteiger partial charge in [-0.1, -0.05) is 78.9 Å². The predicted molar refractivity (Wildman–Crippen MR) is 113 cm³/mol. The summed E-state index contributed by atoms with van der Waals surface area (Å²) < 4.78 is 0. The van der Waals surface area contributed by atoms with Gasteiger partial charge in [0.15, 0.2) is 0 Å². The Morgan fingerprint density at radius 2 is 1.30 bits per heavy atom. The zero-order valence-corrected chi connectivity index (χ0v) is 15.6. The van der Waals surface area contributed by atoms with Crippen LogP contribution in [0.1, 0.15) is 35.2 Å². The second-order valence-corrected chi connectivity index (χ2v) is 6.27. The van der Waals surface area contributed by atoms with E-state index < -0.39 is 5.97 Å². The molecule has 0 fully saturated rings. The molecule has 3 aromatic carbocycles. The van der Waals surface area contributed by atoms with E-state index in [-0.39, 0.29) is 0 Å². The lowest BCUT2D eigenvalue weighted by atomic mass is 10.1. The van der Waals surface area contributed by atoms with E-state index in [1.807, 2.05) is 30.3 Å². The second kappa shape index (κ2) is 11.5. The summed E-state index contributed by atoms with van der Waals surface area (Å²) in [7, 11) is 0. The molecule has 1 N–H and O–H groups in total. The standard InChI is InChI=1S/C13H16O2.C12H10/c1-2-3-4-5-6-11-7-9-12(10-8-11)13(14)15;1-3-7-11(8-4-1)12-9-5-2-6-10-12/h2,7-10H,1,3-6H2,(H,14,15);1-10H. The Balaban J connectivity index is 0.000000198. The average molecular weight is 358 g/mol. The minimum atomic E-state index is -0.867. The zero-order chi connectivity index (χ0) is 19.3. The highest BCUT2D eigenvalue weighted by Crippen LogP contribution is 2.17. The molecule has 2 heteroatoms. The molecule has 3 rings (SSSR count). The molecule has 0 aliphatic rings. The number of carboxylic acids is 1. The van der Waals surface area contributed by atoms with Gasteiger partial charge in [0.25, 0.3) is 0 Å². The summed E-state index contributed by atoms with van der Waals surface area (Å²) in [5.41, 5.74) is 4.10. The van der Waals surface area contributed by atoms with Gasteiger partial charge in [-0.25, -0.2) is 4.79 Å². The monoisotopic (exact) mass is 358 g/mol. The predicted octanol–water partition coefficient (Wildman–Crippen LogP) is 6.64. The third kappa shape index (κ3) is 7.33. The Kier molecular flexibility index (Phi) is 8.58. The highest BCUT2D eigenvalue weighted by atomic mass is 16.4. The van der Waals surface area contributed by atoms with E-state index in [2.05, 4.69) is 55.1 Å². The molecule has 138 valence electrons. The van der Waals surface area contributed by atoms with Crippen LogP contribution in [0, 0.1) is 0 Å². The number of unbranched alkanes of at least 4 members (excludes halogenated alkanes) is 2. The SMILES string of the molecule is C=CCCCCc1ccc(C(=O)O)cc1.c1ccc(-c2ccccc2)cc1. The van der Waals surface area contributed by atoms with Crippen LogP contribution in [0.2, 0.25) is 0 Å². The van der Waals surface area contributed by atoms with E-state index >= 15 is 0 Å². The fourth-order valence-corrected chi connectivity index (χ4v) is 2.69. The molecule has 0 saturated carbocycles. The minimum absolute atomic E-state index is 0.352. The van der Waals surface area contributed by atoms with Gasteiger partial charge in [0.1, 0.15) is 0 Å². The Bertz CT molecular complexity index is 768. The first-order chi connectivity index (χ1) is 13.2. The number of carbonyl (C=O) groups is 1. The van der Waals surface area contributed by atoms with Crippen molar-refractivity contribution in [2.45, 2.75) is 25.7 Å². The third-order valence-electron chi connectivity index (χ3n) is 4.21. The Morgan fingerprint density at radius 1 is 0.778 bits per heavy atom. The van der Waals surface area contributed by atoms with Gasteiger partial charge < -0.3 is 5.11 Å². The largest absolute Gasteiger partial charge is 0.478 e. The maximum atomic E-state index is 10.6. The van der Waals surface area contributed by atoms with E-state index in [4.69, 9.17) is 5.11 Å². The lowest BCUT2D eigenvalue weighted by molar-refractivity contribution is 0.0697. The van der Waals surface area contributed by atoms with Crippen LogP contribution >= 0.6 is 0 Å². The van der Waals surface area contributed by atoms with E-state index in [9.17, 15) is 4.79 Å². The number of carboxylic acid groups (broad SMARTS) is 1. The van der Waals surface area contributed by atoms with Crippen LogP contribution in [-0.2, 0) is 6.42 Å². The van der Waals surface area contributed by atoms with Gasteiger partial charge in [-0.2, -0.15) is 0 Å². The van der Waals surface area contributed by atoms with Crippen molar-refractivity contribution in [2.75, 3.05) is 0 Å². The first-order valence-electron chi connectivity index (χ1n) is 9.24. The second-order valence-electron chi connectivity index (χ2n) is 6.27. The molecule has 0 atom stereocenters. The van der Waals surface area contributed by atoms with Crippen molar-refractivity contribution in [3.8, 4) is 11.1 Å². The fraction of sp³-hybridized carbons (Fsp3) is 0.160. The van der Waals surface area contributed by atoms with Crippen molar-refractivity contribution in [1.82, 2.24) is 0 Å². The van der Waals surface area contributed by atoms with E-state index in [1.54, 1.807) is 12.1 Å². The molecular formula is C25H26O2. The van der Waals surface area contributed by atoms with Crippen LogP contribution in [0.15, 0.2) is 97.6 Å². The van der Waals surface area contributed by atoms with E-state index in [0.717, 1.165) is 25.7 Å². The molecule has 0 unspecified atom stereocenters. The minimum Gasteiger partial charge on any atom is -0.478 e. The molecule has 3 aromatic rings. The Labute approximate surface area is 161 Å². The topological polar surface area (TPSA) is 37.3 Å². The summed E-state index contributed by atoms with van der Waals surface area (Å²) >= 11 is 0. The molecule has 27 heavy (non-hydrogen) atoms. The molecule has 0 amide bonds. The number of hydrogen-bond acceptors (Lipinski definition) is 1. The molecule has 0 aromatic heterocycles. The van der Waals surface area contributed by atoms with Crippen molar-refractivity contribution in [3.05, 3.63) is 109 Å². The van der Waals surface area contributed by atoms with Crippen LogP contribution in [0.5, 0.6) is 0 Å². The molecule has 0 radical (unpaired) electrons. The maximum absolute atomic E-state index is 10.6. The normalized spacial score (nSPS) is 9.78. The van der Waals surface area contributed by atoms with Gasteiger partial charge in [-0.15, -0.1) is 6.58 Å². The van der Waals surface area contributed by atoms with E-state index in [1.165, 1.54) is 16.7 Å². The summed E-state index contributed by atoms with van der Waals surface area (Å²) in [5, 5.41) is 8.71. The van der Waals surface area contributed by atoms with Crippen LogP contribution in [0.3, 0.4) is 0 Å². The summed E-state index contributed by atoms with van der Waals surface area (Å²) in [6.07, 6.45) is 6.25. The average Bonchev–Trinajstić information content (AvgIpc) is 2.73. The van der Waals surface area contributed by atoms with Gasteiger partial charge in [0.2, 0.25) is 0 Å². The van der Waals surface area contributed by atoms with Gasteiger partial charge in [0.05, 0.1) is 5.56 Å². The van der Waals surface area contributed by atoms with Gasteiger partial charge in [-0.3, -0.25) is 0 Å². The number of aromatic carboxylic acids is 1. The Hall–Kier alpha value is -3.13. The maximum Gasteiger partial charge on any atom is 0.335 e. The smallest absolute Gasteiger partial charge is 0.335 e. The molecule has 0 aliphatic carbocycles. The lowest BCUT2D eigenvalue weighted by Gasteiger charge is -2.01. The molecular weight excluding hydrogens is 332 g/mol. The van der Waals surface area contributed by atoms with Crippen molar-refractivity contribution < 1.29 is 9.90 Å². The number of benzene rings is 3. The highest BCUT2D eigenvalue weighted by Gasteiger charge is 2.01. The van der Waals surface area contributed by atoms with Crippen molar-refractivity contribution in [3.63, 3.8) is 0 Å². The van der Waals surface area contributed by atoms with Crippen molar-refractivity contribution in [2.24, 2.45) is 0 Å². The van der Waals surface area contributed by atoms with Crippen LogP contribution < -0.4 is 0 Å². The lowest BCUT2D eigenvalue weighted by Crippen LogP contribution is -1.96. The summed E-state index contributed by atoms with van der Waals surface area (Å²) in [5.74, 6) is -0.867. The number of rotatable bonds is 7. The fourth-order valence-electron chi connectivity index (χ4n) is 2.69. The first kappa shape index (κ1) is 20.2. The molecule has 0 heterocycles. The number of allylic oxidation sites excluding steroid dienone is 1. The number of hydrogen-bond donors (Lipinski definition) is 1. The van der Waals surface area contributed by atoms with Crippen LogP contribution in [0.25, 0.3) is 11.1 Å². The quantitative estimate of drug-likeness (QED) is 0.380. The molecule has 2 nitrogen and oxygen atoms in total. The highest BCUT2D eigenvalue weighted by molar-refractivity contribution is 5.87. The molecule has 0 bridgehead atoms. The van der Waals surface area contributed by atoms with E-state index in [0.29, 0.717) is 5.56 Å². The molecule has 0 saturated heterocycles. The van der Waals surface area contributed by atoms with Crippen LogP contribution in [0.4, 0.5) is 0 Å². The summed E-state index contributed by atoms with van der Waals surface area (Å²) in [4.78, 5) is 10.6. The van der Waals surface area contributed by atoms with Crippen molar-refractivity contribution in [1.29, 1.82) is 0 Å². The van der Waals surface area contributed by atoms with Gasteiger partial charge >= 0.3 is 5.97 Å². The first-order valence-corrected chi connectivity index (χ1v) is 9.24. The third-order valence-corrected chi connectivity index (χ3v) is 4.21. The Morgan fingerprint density at radius 3 is 1.74 bits per heavy atom. The van der Waals surface area contributed by atoms with Gasteiger partial charge in [-0.05, 0) is 54.5 Å². The van der Waals surface area contributed by atoms with Crippen LogP contribution in [-0.4, -0.2) is 11.1 Å².